The lowest BCUT2D eigenvalue weighted by molar-refractivity contribution is 0.416. The molecular weight excluding hydrogens is 246 g/mol. The van der Waals surface area contributed by atoms with Gasteiger partial charge in [-0.25, -0.2) is 0 Å². The summed E-state index contributed by atoms with van der Waals surface area (Å²) in [6, 6.07) is 20.8. The van der Waals surface area contributed by atoms with Gasteiger partial charge in [0.2, 0.25) is 0 Å². The Morgan fingerprint density at radius 3 is 2.40 bits per heavy atom. The van der Waals surface area contributed by atoms with Crippen molar-refractivity contribution in [1.29, 1.82) is 0 Å². The number of benzene rings is 3. The summed E-state index contributed by atoms with van der Waals surface area (Å²) < 4.78 is 5.55. The predicted octanol–water partition coefficient (Wildman–Crippen LogP) is 4.56. The molecule has 0 spiro atoms. The van der Waals surface area contributed by atoms with Crippen LogP contribution < -0.4 is 10.1 Å². The average Bonchev–Trinajstić information content (AvgIpc) is 2.53. The third kappa shape index (κ3) is 1.99. The Hall–Kier alpha value is -2.48. The molecule has 0 aromatic heterocycles. The van der Waals surface area contributed by atoms with Crippen molar-refractivity contribution >= 4 is 16.5 Å². The van der Waals surface area contributed by atoms with Crippen molar-refractivity contribution in [3.63, 3.8) is 0 Å². The molecule has 3 aromatic carbocycles. The van der Waals surface area contributed by atoms with Crippen LogP contribution in [0.25, 0.3) is 21.9 Å². The highest BCUT2D eigenvalue weighted by Gasteiger charge is 2.12. The zero-order chi connectivity index (χ0) is 13.9. The zero-order valence-electron chi connectivity index (χ0n) is 11.7. The van der Waals surface area contributed by atoms with E-state index in [0.29, 0.717) is 0 Å². The number of methoxy groups -OCH3 is 1. The number of anilines is 1. The number of hydrogen-bond donors (Lipinski definition) is 1. The van der Waals surface area contributed by atoms with Crippen LogP contribution in [0.2, 0.25) is 0 Å². The van der Waals surface area contributed by atoms with Crippen LogP contribution in [0.5, 0.6) is 5.75 Å². The Bertz CT molecular complexity index is 722. The Morgan fingerprint density at radius 1 is 0.850 bits per heavy atom. The fraction of sp³-hybridized carbons (Fsp3) is 0.111. The molecular formula is C18H17NO. The van der Waals surface area contributed by atoms with Crippen molar-refractivity contribution in [2.24, 2.45) is 0 Å². The fourth-order valence-electron chi connectivity index (χ4n) is 2.63. The topological polar surface area (TPSA) is 21.3 Å². The maximum absolute atomic E-state index is 5.55. The molecule has 0 amide bonds. The monoisotopic (exact) mass is 263 g/mol. The fourth-order valence-corrected chi connectivity index (χ4v) is 2.63. The van der Waals surface area contributed by atoms with E-state index in [9.17, 15) is 0 Å². The summed E-state index contributed by atoms with van der Waals surface area (Å²) in [6.45, 7) is 0. The summed E-state index contributed by atoms with van der Waals surface area (Å²) in [7, 11) is 3.65. The van der Waals surface area contributed by atoms with Crippen molar-refractivity contribution < 1.29 is 4.74 Å². The van der Waals surface area contributed by atoms with Crippen molar-refractivity contribution in [2.45, 2.75) is 0 Å². The molecule has 0 fully saturated rings. The van der Waals surface area contributed by atoms with E-state index in [1.807, 2.05) is 19.2 Å². The van der Waals surface area contributed by atoms with Crippen LogP contribution in [0.15, 0.2) is 60.7 Å². The summed E-state index contributed by atoms with van der Waals surface area (Å²) in [5.41, 5.74) is 3.36. The molecule has 0 radical (unpaired) electrons. The predicted molar refractivity (Wildman–Crippen MR) is 85.5 cm³/mol. The first-order valence-corrected chi connectivity index (χ1v) is 6.68. The van der Waals surface area contributed by atoms with Gasteiger partial charge in [-0.1, -0.05) is 48.5 Å². The van der Waals surface area contributed by atoms with Crippen molar-refractivity contribution in [1.82, 2.24) is 0 Å². The van der Waals surface area contributed by atoms with E-state index in [0.717, 1.165) is 17.0 Å². The van der Waals surface area contributed by atoms with Crippen LogP contribution in [0.4, 0.5) is 5.69 Å². The van der Waals surface area contributed by atoms with E-state index >= 15 is 0 Å². The standard InChI is InChI=1S/C18H17NO/c1-19-16-11-6-12-17(20-2)18(16)15-10-5-8-13-7-3-4-9-14(13)15/h3-12,19H,1-2H3. The van der Waals surface area contributed by atoms with Crippen LogP contribution in [0.1, 0.15) is 0 Å². The van der Waals surface area contributed by atoms with Crippen LogP contribution in [0.3, 0.4) is 0 Å². The molecule has 0 saturated carbocycles. The number of fused-ring (bicyclic) bond motifs is 1. The first-order chi connectivity index (χ1) is 9.85. The van der Waals surface area contributed by atoms with E-state index in [4.69, 9.17) is 4.74 Å². The Labute approximate surface area is 119 Å². The second kappa shape index (κ2) is 5.25. The first kappa shape index (κ1) is 12.5. The lowest BCUT2D eigenvalue weighted by atomic mass is 9.96. The van der Waals surface area contributed by atoms with Crippen LogP contribution >= 0.6 is 0 Å². The summed E-state index contributed by atoms with van der Waals surface area (Å²) in [5.74, 6) is 0.883. The maximum Gasteiger partial charge on any atom is 0.128 e. The summed E-state index contributed by atoms with van der Waals surface area (Å²) >= 11 is 0. The molecule has 20 heavy (non-hydrogen) atoms. The molecule has 0 bridgehead atoms. The molecule has 0 aliphatic heterocycles. The number of rotatable bonds is 3. The van der Waals surface area contributed by atoms with Gasteiger partial charge in [-0.05, 0) is 28.5 Å². The highest BCUT2D eigenvalue weighted by atomic mass is 16.5. The van der Waals surface area contributed by atoms with E-state index < -0.39 is 0 Å². The van der Waals surface area contributed by atoms with Gasteiger partial charge < -0.3 is 10.1 Å². The van der Waals surface area contributed by atoms with Gasteiger partial charge in [-0.3, -0.25) is 0 Å². The molecule has 0 aliphatic rings. The number of hydrogen-bond acceptors (Lipinski definition) is 2. The normalized spacial score (nSPS) is 10.5. The van der Waals surface area contributed by atoms with Crippen LogP contribution in [-0.4, -0.2) is 14.2 Å². The van der Waals surface area contributed by atoms with E-state index in [2.05, 4.69) is 53.8 Å². The van der Waals surface area contributed by atoms with Gasteiger partial charge in [-0.15, -0.1) is 0 Å². The molecule has 1 N–H and O–H groups in total. The molecule has 3 aromatic rings. The summed E-state index contributed by atoms with van der Waals surface area (Å²) in [6.07, 6.45) is 0. The first-order valence-electron chi connectivity index (χ1n) is 6.68. The van der Waals surface area contributed by atoms with Gasteiger partial charge in [0.05, 0.1) is 7.11 Å². The number of nitrogens with one attached hydrogen (secondary N) is 1. The molecule has 3 rings (SSSR count). The lowest BCUT2D eigenvalue weighted by Crippen LogP contribution is -1.96. The average molecular weight is 263 g/mol. The third-order valence-electron chi connectivity index (χ3n) is 3.57. The lowest BCUT2D eigenvalue weighted by Gasteiger charge is -2.15. The highest BCUT2D eigenvalue weighted by molar-refractivity contribution is 6.01. The van der Waals surface area contributed by atoms with E-state index in [-0.39, 0.29) is 0 Å². The van der Waals surface area contributed by atoms with E-state index in [1.165, 1.54) is 16.3 Å². The van der Waals surface area contributed by atoms with Gasteiger partial charge in [-0.2, -0.15) is 0 Å². The molecule has 2 heteroatoms. The molecule has 0 atom stereocenters. The largest absolute Gasteiger partial charge is 0.496 e. The van der Waals surface area contributed by atoms with Crippen molar-refractivity contribution in [2.75, 3.05) is 19.5 Å². The summed E-state index contributed by atoms with van der Waals surface area (Å²) in [4.78, 5) is 0. The molecule has 2 nitrogen and oxygen atoms in total. The second-order valence-electron chi connectivity index (χ2n) is 4.66. The third-order valence-corrected chi connectivity index (χ3v) is 3.57. The molecule has 0 saturated heterocycles. The van der Waals surface area contributed by atoms with Crippen LogP contribution in [0, 0.1) is 0 Å². The zero-order valence-corrected chi connectivity index (χ0v) is 11.7. The van der Waals surface area contributed by atoms with Crippen molar-refractivity contribution in [3.05, 3.63) is 60.7 Å². The maximum atomic E-state index is 5.55. The van der Waals surface area contributed by atoms with Gasteiger partial charge in [0.15, 0.2) is 0 Å². The van der Waals surface area contributed by atoms with Crippen molar-refractivity contribution in [3.8, 4) is 16.9 Å². The highest BCUT2D eigenvalue weighted by Crippen LogP contribution is 2.39. The molecule has 100 valence electrons. The molecule has 0 unspecified atom stereocenters. The SMILES string of the molecule is CNc1cccc(OC)c1-c1cccc2ccccc12. The smallest absolute Gasteiger partial charge is 0.128 e. The Kier molecular flexibility index (Phi) is 3.30. The van der Waals surface area contributed by atoms with Gasteiger partial charge >= 0.3 is 0 Å². The molecule has 0 heterocycles. The quantitative estimate of drug-likeness (QED) is 0.748. The van der Waals surface area contributed by atoms with Gasteiger partial charge in [0, 0.05) is 18.3 Å². The minimum atomic E-state index is 0.883. The summed E-state index contributed by atoms with van der Waals surface area (Å²) in [5, 5.41) is 5.72. The Morgan fingerprint density at radius 2 is 1.60 bits per heavy atom. The van der Waals surface area contributed by atoms with Gasteiger partial charge in [0.1, 0.15) is 5.75 Å². The van der Waals surface area contributed by atoms with E-state index in [1.54, 1.807) is 7.11 Å². The second-order valence-corrected chi connectivity index (χ2v) is 4.66. The Balaban J connectivity index is 2.36. The minimum absolute atomic E-state index is 0.883. The number of ether oxygens (including phenoxy) is 1. The van der Waals surface area contributed by atoms with Crippen LogP contribution in [-0.2, 0) is 0 Å². The molecule has 0 aliphatic carbocycles. The van der Waals surface area contributed by atoms with Gasteiger partial charge in [0.25, 0.3) is 0 Å². The minimum Gasteiger partial charge on any atom is -0.496 e.